The molecule has 0 atom stereocenters. The second-order valence-electron chi connectivity index (χ2n) is 4.40. The predicted octanol–water partition coefficient (Wildman–Crippen LogP) is 0.659. The van der Waals surface area contributed by atoms with Gasteiger partial charge in [0.25, 0.3) is 0 Å². The fourth-order valence-electron chi connectivity index (χ4n) is 1.80. The summed E-state index contributed by atoms with van der Waals surface area (Å²) in [4.78, 5) is 31.6. The highest BCUT2D eigenvalue weighted by Gasteiger charge is 2.36. The summed E-state index contributed by atoms with van der Waals surface area (Å²) < 4.78 is 10.8. The number of benzene rings is 1. The van der Waals surface area contributed by atoms with Crippen LogP contribution in [-0.2, 0) is 9.53 Å². The van der Waals surface area contributed by atoms with Crippen molar-refractivity contribution in [1.29, 1.82) is 0 Å². The van der Waals surface area contributed by atoms with Crippen molar-refractivity contribution in [3.8, 4) is 5.75 Å². The fraction of sp³-hybridized carbons (Fsp3) is 0.333. The molecule has 23 heavy (non-hydrogen) atoms. The topological polar surface area (TPSA) is 108 Å². The van der Waals surface area contributed by atoms with E-state index in [0.717, 1.165) is 0 Å². The molecule has 1 aromatic rings. The van der Waals surface area contributed by atoms with Crippen molar-refractivity contribution in [3.05, 3.63) is 40.4 Å². The van der Waals surface area contributed by atoms with Crippen molar-refractivity contribution in [1.82, 2.24) is 5.32 Å². The third-order valence-electron chi connectivity index (χ3n) is 2.90. The minimum Gasteiger partial charge on any atom is -0.550 e. The van der Waals surface area contributed by atoms with E-state index in [1.807, 2.05) is 12.1 Å². The Morgan fingerprint density at radius 3 is 2.39 bits per heavy atom. The van der Waals surface area contributed by atoms with Crippen LogP contribution in [0.3, 0.4) is 0 Å². The molecule has 1 heterocycles. The number of carboxylic acids is 1. The lowest BCUT2D eigenvalue weighted by Gasteiger charge is -2.10. The van der Waals surface area contributed by atoms with Crippen LogP contribution >= 0.6 is 0 Å². The molecule has 1 N–H and O–H groups in total. The molecule has 0 radical (unpaired) electrons. The van der Waals surface area contributed by atoms with E-state index >= 15 is 0 Å². The minimum atomic E-state index is -0.995. The van der Waals surface area contributed by atoms with E-state index in [2.05, 4.69) is 5.32 Å². The third-order valence-corrected chi connectivity index (χ3v) is 2.90. The number of hydrogen-bond donors (Lipinski definition) is 1. The number of methoxy groups -OCH3 is 2. The van der Waals surface area contributed by atoms with Gasteiger partial charge in [0.1, 0.15) is 5.75 Å². The van der Waals surface area contributed by atoms with Gasteiger partial charge in [0, 0.05) is 10.7 Å². The van der Waals surface area contributed by atoms with Crippen molar-refractivity contribution in [2.24, 2.45) is 0 Å². The van der Waals surface area contributed by atoms with Crippen LogP contribution in [0.1, 0.15) is 18.9 Å². The molecule has 8 heteroatoms. The van der Waals surface area contributed by atoms with E-state index in [1.165, 1.54) is 14.0 Å². The number of hydrogen-bond acceptors (Lipinski definition) is 6. The average molecular weight is 322 g/mol. The maximum atomic E-state index is 11.2. The van der Waals surface area contributed by atoms with Crippen molar-refractivity contribution in [2.45, 2.75) is 13.3 Å². The fourth-order valence-corrected chi connectivity index (χ4v) is 1.80. The largest absolute Gasteiger partial charge is 0.550 e. The molecule has 0 aliphatic carbocycles. The Labute approximate surface area is 133 Å². The quantitative estimate of drug-likeness (QED) is 0.644. The number of carbonyl (C=O) groups excluding carboxylic acids is 2. The summed E-state index contributed by atoms with van der Waals surface area (Å²) in [5.74, 6) is 0.0459. The number of carbonyl (C=O) groups is 2. The van der Waals surface area contributed by atoms with Crippen LogP contribution in [0.4, 0.5) is 4.79 Å². The summed E-state index contributed by atoms with van der Waals surface area (Å²) in [6, 6.07) is 6.54. The van der Waals surface area contributed by atoms with Gasteiger partial charge in [-0.3, -0.25) is 0 Å². The van der Waals surface area contributed by atoms with Crippen molar-refractivity contribution in [3.63, 3.8) is 0 Å². The molecule has 1 fully saturated rings. The Morgan fingerprint density at radius 2 is 1.96 bits per heavy atom. The summed E-state index contributed by atoms with van der Waals surface area (Å²) in [5.41, 5.74) is 1.12. The van der Waals surface area contributed by atoms with Crippen molar-refractivity contribution in [2.75, 3.05) is 20.8 Å². The van der Waals surface area contributed by atoms with Gasteiger partial charge >= 0.3 is 6.03 Å². The zero-order valence-electron chi connectivity index (χ0n) is 13.1. The van der Waals surface area contributed by atoms with Crippen LogP contribution in [0.2, 0.25) is 0 Å². The maximum Gasteiger partial charge on any atom is 0.534 e. The lowest BCUT2D eigenvalue weighted by Crippen LogP contribution is -2.19. The van der Waals surface area contributed by atoms with Gasteiger partial charge in [0.15, 0.2) is 11.5 Å². The van der Waals surface area contributed by atoms with Crippen LogP contribution in [0.5, 0.6) is 5.75 Å². The Bertz CT molecular complexity index is 621. The van der Waals surface area contributed by atoms with E-state index in [9.17, 15) is 19.6 Å². The molecule has 0 saturated carbocycles. The average Bonchev–Trinajstić information content (AvgIpc) is 2.88. The number of ether oxygens (including phenoxy) is 2. The summed E-state index contributed by atoms with van der Waals surface area (Å²) >= 11 is 0. The van der Waals surface area contributed by atoms with Gasteiger partial charge in [-0.25, -0.2) is 0 Å². The Balaban J connectivity index is 0.000000463. The number of urea groups is 1. The van der Waals surface area contributed by atoms with Gasteiger partial charge in [-0.05, 0) is 18.6 Å². The summed E-state index contributed by atoms with van der Waals surface area (Å²) in [7, 11) is 3.03. The lowest BCUT2D eigenvalue weighted by atomic mass is 10.1. The monoisotopic (exact) mass is 322 g/mol. The predicted molar refractivity (Wildman–Crippen MR) is 79.2 cm³/mol. The Kier molecular flexibility index (Phi) is 6.72. The number of para-hydroxylation sites is 1. The highest BCUT2D eigenvalue weighted by atomic mass is 16.5. The second kappa shape index (κ2) is 8.52. The first-order valence-corrected chi connectivity index (χ1v) is 6.80. The molecule has 2 amide bonds. The van der Waals surface area contributed by atoms with Crippen LogP contribution in [0, 0.1) is 4.91 Å². The van der Waals surface area contributed by atoms with E-state index < -0.39 is 12.0 Å². The molecule has 1 aliphatic heterocycles. The first kappa shape index (κ1) is 18.1. The van der Waals surface area contributed by atoms with Gasteiger partial charge in [-0.2, -0.15) is 10.1 Å². The summed E-state index contributed by atoms with van der Waals surface area (Å²) in [6.07, 6.45) is 0.111. The number of aliphatic carboxylic acids is 1. The number of rotatable bonds is 4. The number of amides is 2. The Hall–Kier alpha value is -2.90. The van der Waals surface area contributed by atoms with Gasteiger partial charge in [0.05, 0.1) is 19.8 Å². The van der Waals surface area contributed by atoms with Crippen LogP contribution in [-0.4, -0.2) is 37.5 Å². The van der Waals surface area contributed by atoms with Crippen molar-refractivity contribution >= 4 is 17.8 Å². The number of carboxylic acid groups (broad SMARTS) is 1. The normalized spacial score (nSPS) is 15.3. The molecule has 1 saturated heterocycles. The first-order valence-electron chi connectivity index (χ1n) is 6.80. The highest BCUT2D eigenvalue weighted by Crippen LogP contribution is 2.28. The zero-order valence-corrected chi connectivity index (χ0v) is 13.1. The smallest absolute Gasteiger partial charge is 0.534 e. The molecule has 8 nitrogen and oxygen atoms in total. The van der Waals surface area contributed by atoms with E-state index in [4.69, 9.17) is 9.47 Å². The highest BCUT2D eigenvalue weighted by molar-refractivity contribution is 5.77. The van der Waals surface area contributed by atoms with Gasteiger partial charge in [-0.15, -0.1) is 0 Å². The van der Waals surface area contributed by atoms with E-state index in [1.54, 1.807) is 19.2 Å². The summed E-state index contributed by atoms with van der Waals surface area (Å²) in [5, 5.41) is 11.7. The molecule has 0 spiro atoms. The Morgan fingerprint density at radius 1 is 1.35 bits per heavy atom. The number of nitrogens with one attached hydrogen (secondary N) is 1. The van der Waals surface area contributed by atoms with Crippen molar-refractivity contribution < 1.29 is 28.9 Å². The third kappa shape index (κ3) is 4.80. The first-order chi connectivity index (χ1) is 10.9. The molecule has 0 unspecified atom stereocenters. The second-order valence-corrected chi connectivity index (χ2v) is 4.40. The minimum absolute atomic E-state index is 0.0555. The molecule has 0 aromatic heterocycles. The maximum absolute atomic E-state index is 11.2. The molecule has 0 bridgehead atoms. The van der Waals surface area contributed by atoms with Gasteiger partial charge in [-0.1, -0.05) is 24.0 Å². The molecule has 1 aromatic carbocycles. The van der Waals surface area contributed by atoms with Crippen LogP contribution in [0.25, 0.3) is 5.76 Å². The molecular formula is C15H18N2O6. The molecular weight excluding hydrogens is 304 g/mol. The number of nitroso groups, excluding NO2 is 1. The molecule has 2 rings (SSSR count). The van der Waals surface area contributed by atoms with Crippen LogP contribution in [0.15, 0.2) is 30.0 Å². The van der Waals surface area contributed by atoms with Gasteiger partial charge in [0.2, 0.25) is 6.54 Å². The number of nitrogens with zero attached hydrogens (tertiary/aromatic N) is 1. The SMILES string of the molecule is CCC(=O)[O-].COC(=C1C[N+](=O)C(=O)N1)c1ccccc1OC. The molecule has 124 valence electrons. The standard InChI is InChI=1S/C12H12N2O4.C3H6O2/c1-17-10-6-4-3-5-8(10)11(18-2)9-7-14(16)12(15)13-9;1-2-3(4)5/h3-6H,7H2,1-2H3;2H2,1H3,(H,4,5). The van der Waals surface area contributed by atoms with Crippen LogP contribution < -0.4 is 15.2 Å². The van der Waals surface area contributed by atoms with E-state index in [0.29, 0.717) is 27.5 Å². The zero-order chi connectivity index (χ0) is 17.4. The van der Waals surface area contributed by atoms with E-state index in [-0.39, 0.29) is 13.0 Å². The summed E-state index contributed by atoms with van der Waals surface area (Å²) in [6.45, 7) is 1.48. The molecule has 1 aliphatic rings. The lowest BCUT2D eigenvalue weighted by molar-refractivity contribution is -0.427. The van der Waals surface area contributed by atoms with Gasteiger partial charge < -0.3 is 19.4 Å².